The zero-order valence-corrected chi connectivity index (χ0v) is 13.8. The number of fused-ring (bicyclic) bond motifs is 1. The molecule has 0 radical (unpaired) electrons. The largest absolute Gasteiger partial charge is 0.379 e. The van der Waals surface area contributed by atoms with Gasteiger partial charge in [0.05, 0.1) is 19.0 Å². The number of amides is 1. The predicted octanol–water partition coefficient (Wildman–Crippen LogP) is 2.07. The molecule has 122 valence electrons. The first-order valence-electron chi connectivity index (χ1n) is 8.10. The molecule has 3 heterocycles. The molecule has 2 aliphatic heterocycles. The number of rotatable bonds is 4. The second-order valence-corrected chi connectivity index (χ2v) is 7.06. The fraction of sp³-hybridized carbons (Fsp3) is 0.471. The number of thioether (sulfide) groups is 1. The van der Waals surface area contributed by atoms with Crippen molar-refractivity contribution in [2.45, 2.75) is 5.37 Å². The Bertz CT molecular complexity index is 696. The summed E-state index contributed by atoms with van der Waals surface area (Å²) in [6.07, 6.45) is 2.06. The third kappa shape index (κ3) is 2.98. The van der Waals surface area contributed by atoms with E-state index in [4.69, 9.17) is 4.74 Å². The van der Waals surface area contributed by atoms with Gasteiger partial charge in [-0.2, -0.15) is 0 Å². The Labute approximate surface area is 140 Å². The zero-order valence-electron chi connectivity index (χ0n) is 13.0. The van der Waals surface area contributed by atoms with Crippen LogP contribution in [0.4, 0.5) is 0 Å². The highest BCUT2D eigenvalue weighted by Gasteiger charge is 2.34. The Morgan fingerprint density at radius 1 is 1.22 bits per heavy atom. The number of carbonyl (C=O) groups is 1. The minimum absolute atomic E-state index is 0.125. The highest BCUT2D eigenvalue weighted by Crippen LogP contribution is 2.41. The van der Waals surface area contributed by atoms with Crippen LogP contribution >= 0.6 is 11.8 Å². The van der Waals surface area contributed by atoms with Gasteiger partial charge in [-0.25, -0.2) is 0 Å². The number of nitrogens with one attached hydrogen (secondary N) is 1. The number of nitrogens with zero attached hydrogens (tertiary/aromatic N) is 2. The first kappa shape index (κ1) is 15.1. The van der Waals surface area contributed by atoms with E-state index in [0.29, 0.717) is 5.75 Å². The van der Waals surface area contributed by atoms with E-state index in [1.807, 2.05) is 11.0 Å². The minimum Gasteiger partial charge on any atom is -0.379 e. The van der Waals surface area contributed by atoms with E-state index < -0.39 is 0 Å². The maximum absolute atomic E-state index is 12.3. The molecule has 2 aliphatic rings. The van der Waals surface area contributed by atoms with Crippen LogP contribution in [-0.4, -0.2) is 65.8 Å². The van der Waals surface area contributed by atoms with Crippen molar-refractivity contribution in [3.8, 4) is 0 Å². The molecule has 0 bridgehead atoms. The lowest BCUT2D eigenvalue weighted by Gasteiger charge is -2.30. The van der Waals surface area contributed by atoms with E-state index in [2.05, 4.69) is 34.3 Å². The third-order valence-electron chi connectivity index (χ3n) is 4.62. The Morgan fingerprint density at radius 3 is 2.91 bits per heavy atom. The summed E-state index contributed by atoms with van der Waals surface area (Å²) in [5, 5.41) is 1.34. The third-order valence-corrected chi connectivity index (χ3v) is 5.85. The Hall–Kier alpha value is -1.50. The molecule has 23 heavy (non-hydrogen) atoms. The smallest absolute Gasteiger partial charge is 0.233 e. The van der Waals surface area contributed by atoms with Gasteiger partial charge in [0.25, 0.3) is 0 Å². The van der Waals surface area contributed by atoms with E-state index in [0.717, 1.165) is 44.9 Å². The van der Waals surface area contributed by atoms with Crippen molar-refractivity contribution in [2.75, 3.05) is 45.1 Å². The summed E-state index contributed by atoms with van der Waals surface area (Å²) >= 11 is 1.73. The van der Waals surface area contributed by atoms with Crippen molar-refractivity contribution in [3.63, 3.8) is 0 Å². The maximum Gasteiger partial charge on any atom is 0.233 e. The quantitative estimate of drug-likeness (QED) is 0.932. The summed E-state index contributed by atoms with van der Waals surface area (Å²) in [4.78, 5) is 20.1. The summed E-state index contributed by atoms with van der Waals surface area (Å²) in [6, 6.07) is 8.30. The van der Waals surface area contributed by atoms with Gasteiger partial charge in [-0.1, -0.05) is 18.2 Å². The van der Waals surface area contributed by atoms with Crippen molar-refractivity contribution in [1.82, 2.24) is 14.8 Å². The SMILES string of the molecule is O=C1CSC(c2c[nH]c3ccccc23)N1CCN1CCOCC1. The highest BCUT2D eigenvalue weighted by molar-refractivity contribution is 8.00. The second kappa shape index (κ2) is 6.55. The van der Waals surface area contributed by atoms with E-state index >= 15 is 0 Å². The number of hydrogen-bond acceptors (Lipinski definition) is 4. The van der Waals surface area contributed by atoms with Gasteiger partial charge in [-0.15, -0.1) is 11.8 Å². The molecule has 1 atom stereocenters. The standard InChI is InChI=1S/C17H21N3O2S/c21-16-12-23-17(14-11-18-15-4-2-1-3-13(14)15)20(16)6-5-19-7-9-22-10-8-19/h1-4,11,17-18H,5-10,12H2. The predicted molar refractivity (Wildman–Crippen MR) is 92.5 cm³/mol. The van der Waals surface area contributed by atoms with Crippen LogP contribution in [0.5, 0.6) is 0 Å². The Kier molecular flexibility index (Phi) is 4.29. The van der Waals surface area contributed by atoms with E-state index in [-0.39, 0.29) is 11.3 Å². The number of aromatic nitrogens is 1. The number of H-pyrrole nitrogens is 1. The molecule has 1 unspecified atom stereocenters. The maximum atomic E-state index is 12.3. The second-order valence-electron chi connectivity index (χ2n) is 5.99. The average molecular weight is 331 g/mol. The van der Waals surface area contributed by atoms with Crippen LogP contribution in [0.1, 0.15) is 10.9 Å². The molecule has 1 N–H and O–H groups in total. The molecule has 5 nitrogen and oxygen atoms in total. The van der Waals surface area contributed by atoms with Gasteiger partial charge in [0.2, 0.25) is 5.91 Å². The van der Waals surface area contributed by atoms with Crippen molar-refractivity contribution >= 4 is 28.6 Å². The summed E-state index contributed by atoms with van der Waals surface area (Å²) < 4.78 is 5.39. The Morgan fingerprint density at radius 2 is 2.04 bits per heavy atom. The van der Waals surface area contributed by atoms with Crippen LogP contribution < -0.4 is 0 Å². The fourth-order valence-electron chi connectivity index (χ4n) is 3.33. The van der Waals surface area contributed by atoms with Crippen LogP contribution in [0.2, 0.25) is 0 Å². The van der Waals surface area contributed by atoms with E-state index in [1.165, 1.54) is 10.9 Å². The van der Waals surface area contributed by atoms with Gasteiger partial charge < -0.3 is 14.6 Å². The lowest BCUT2D eigenvalue weighted by molar-refractivity contribution is -0.128. The number of morpholine rings is 1. The molecule has 1 amide bonds. The summed E-state index contributed by atoms with van der Waals surface area (Å²) in [7, 11) is 0. The van der Waals surface area contributed by atoms with Gasteiger partial charge in [0, 0.05) is 48.8 Å². The van der Waals surface area contributed by atoms with Gasteiger partial charge in [0.15, 0.2) is 0 Å². The van der Waals surface area contributed by atoms with E-state index in [9.17, 15) is 4.79 Å². The first-order valence-corrected chi connectivity index (χ1v) is 9.15. The van der Waals surface area contributed by atoms with Gasteiger partial charge in [0.1, 0.15) is 5.37 Å². The molecule has 0 saturated carbocycles. The number of benzene rings is 1. The molecule has 4 rings (SSSR count). The molecular formula is C17H21N3O2S. The summed E-state index contributed by atoms with van der Waals surface area (Å²) in [6.45, 7) is 5.24. The number of carbonyl (C=O) groups excluding carboxylic acids is 1. The summed E-state index contributed by atoms with van der Waals surface area (Å²) in [5.74, 6) is 0.825. The van der Waals surface area contributed by atoms with E-state index in [1.54, 1.807) is 11.8 Å². The minimum atomic E-state index is 0.125. The molecule has 2 fully saturated rings. The molecule has 1 aromatic heterocycles. The molecule has 2 saturated heterocycles. The molecule has 0 aliphatic carbocycles. The van der Waals surface area contributed by atoms with Crippen molar-refractivity contribution in [2.24, 2.45) is 0 Å². The van der Waals surface area contributed by atoms with Crippen molar-refractivity contribution < 1.29 is 9.53 Å². The van der Waals surface area contributed by atoms with Gasteiger partial charge in [-0.05, 0) is 6.07 Å². The molecular weight excluding hydrogens is 310 g/mol. The average Bonchev–Trinajstić information content (AvgIpc) is 3.17. The van der Waals surface area contributed by atoms with Gasteiger partial charge in [-0.3, -0.25) is 9.69 Å². The summed E-state index contributed by atoms with van der Waals surface area (Å²) in [5.41, 5.74) is 2.36. The monoisotopic (exact) mass is 331 g/mol. The number of para-hydroxylation sites is 1. The first-order chi connectivity index (χ1) is 11.3. The van der Waals surface area contributed by atoms with Gasteiger partial charge >= 0.3 is 0 Å². The lowest BCUT2D eigenvalue weighted by atomic mass is 10.1. The van der Waals surface area contributed by atoms with Crippen LogP contribution in [-0.2, 0) is 9.53 Å². The van der Waals surface area contributed by atoms with Crippen LogP contribution in [0.3, 0.4) is 0 Å². The van der Waals surface area contributed by atoms with Crippen molar-refractivity contribution in [1.29, 1.82) is 0 Å². The molecule has 1 aromatic carbocycles. The van der Waals surface area contributed by atoms with Crippen molar-refractivity contribution in [3.05, 3.63) is 36.0 Å². The Balaban J connectivity index is 1.51. The lowest BCUT2D eigenvalue weighted by Crippen LogP contribution is -2.42. The van der Waals surface area contributed by atoms with Crippen LogP contribution in [0.25, 0.3) is 10.9 Å². The number of ether oxygens (including phenoxy) is 1. The fourth-order valence-corrected chi connectivity index (χ4v) is 4.57. The topological polar surface area (TPSA) is 48.6 Å². The number of aromatic amines is 1. The highest BCUT2D eigenvalue weighted by atomic mass is 32.2. The van der Waals surface area contributed by atoms with Crippen LogP contribution in [0, 0.1) is 0 Å². The molecule has 0 spiro atoms. The number of hydrogen-bond donors (Lipinski definition) is 1. The van der Waals surface area contributed by atoms with Crippen LogP contribution in [0.15, 0.2) is 30.5 Å². The zero-order chi connectivity index (χ0) is 15.6. The normalized spacial score (nSPS) is 23.0. The molecule has 2 aromatic rings. The molecule has 6 heteroatoms.